The van der Waals surface area contributed by atoms with Crippen LogP contribution in [0.25, 0.3) is 5.69 Å². The molecule has 24 heavy (non-hydrogen) atoms. The van der Waals surface area contributed by atoms with E-state index in [0.29, 0.717) is 27.6 Å². The third kappa shape index (κ3) is 3.14. The molecule has 4 rings (SSSR count). The molecule has 2 aromatic rings. The lowest BCUT2D eigenvalue weighted by atomic mass is 10.0. The number of hydrogen-bond donors (Lipinski definition) is 1. The van der Waals surface area contributed by atoms with Gasteiger partial charge in [-0.1, -0.05) is 23.2 Å². The Kier molecular flexibility index (Phi) is 5.06. The molecule has 2 saturated heterocycles. The average molecular weight is 388 g/mol. The number of amides is 1. The molecule has 0 saturated carbocycles. The number of benzene rings is 1. The predicted molar refractivity (Wildman–Crippen MR) is 96.6 cm³/mol. The molecule has 0 unspecified atom stereocenters. The van der Waals surface area contributed by atoms with E-state index in [1.54, 1.807) is 29.1 Å². The Morgan fingerprint density at radius 3 is 2.50 bits per heavy atom. The van der Waals surface area contributed by atoms with Gasteiger partial charge in [-0.25, -0.2) is 4.68 Å². The van der Waals surface area contributed by atoms with Crippen molar-refractivity contribution < 1.29 is 4.79 Å². The van der Waals surface area contributed by atoms with Gasteiger partial charge in [0.2, 0.25) is 0 Å². The molecule has 1 aromatic carbocycles. The predicted octanol–water partition coefficient (Wildman–Crippen LogP) is 2.89. The van der Waals surface area contributed by atoms with Crippen molar-refractivity contribution >= 4 is 41.5 Å². The summed E-state index contributed by atoms with van der Waals surface area (Å²) in [5, 5.41) is 8.74. The summed E-state index contributed by atoms with van der Waals surface area (Å²) in [6.45, 7) is 3.64. The zero-order valence-electron chi connectivity index (χ0n) is 12.8. The van der Waals surface area contributed by atoms with Crippen molar-refractivity contribution in [1.82, 2.24) is 20.0 Å². The fourth-order valence-electron chi connectivity index (χ4n) is 3.39. The highest BCUT2D eigenvalue weighted by Crippen LogP contribution is 2.28. The summed E-state index contributed by atoms with van der Waals surface area (Å²) in [7, 11) is 0. The molecule has 2 aliphatic rings. The number of aromatic nitrogens is 2. The maximum Gasteiger partial charge on any atom is 0.274 e. The molecule has 0 aliphatic carbocycles. The van der Waals surface area contributed by atoms with Gasteiger partial charge in [-0.15, -0.1) is 12.4 Å². The van der Waals surface area contributed by atoms with Gasteiger partial charge < -0.3 is 10.2 Å². The molecular weight excluding hydrogens is 371 g/mol. The van der Waals surface area contributed by atoms with Crippen LogP contribution in [0, 0.1) is 11.8 Å². The van der Waals surface area contributed by atoms with Crippen LogP contribution >= 0.6 is 35.6 Å². The Hall–Kier alpha value is -1.27. The van der Waals surface area contributed by atoms with Gasteiger partial charge in [0.05, 0.1) is 15.7 Å². The van der Waals surface area contributed by atoms with Crippen LogP contribution in [0.3, 0.4) is 0 Å². The summed E-state index contributed by atoms with van der Waals surface area (Å²) >= 11 is 12.0. The first-order valence-electron chi connectivity index (χ1n) is 7.63. The maximum atomic E-state index is 12.6. The summed E-state index contributed by atoms with van der Waals surface area (Å²) in [5.74, 6) is 1.16. The Labute approximate surface area is 156 Å². The highest BCUT2D eigenvalue weighted by atomic mass is 35.5. The number of halogens is 3. The van der Waals surface area contributed by atoms with Gasteiger partial charge in [0.1, 0.15) is 0 Å². The van der Waals surface area contributed by atoms with Crippen molar-refractivity contribution in [1.29, 1.82) is 0 Å². The molecule has 0 bridgehead atoms. The first-order valence-corrected chi connectivity index (χ1v) is 8.38. The van der Waals surface area contributed by atoms with Gasteiger partial charge in [-0.2, -0.15) is 5.10 Å². The second kappa shape index (κ2) is 6.92. The lowest BCUT2D eigenvalue weighted by molar-refractivity contribution is 0.0775. The number of carbonyl (C=O) groups excluding carboxylic acids is 1. The van der Waals surface area contributed by atoms with E-state index in [1.165, 1.54) is 0 Å². The number of fused-ring (bicyclic) bond motifs is 1. The largest absolute Gasteiger partial charge is 0.337 e. The van der Waals surface area contributed by atoms with Gasteiger partial charge in [0.25, 0.3) is 5.91 Å². The number of hydrogen-bond acceptors (Lipinski definition) is 3. The highest BCUT2D eigenvalue weighted by Gasteiger charge is 2.38. The fourth-order valence-corrected chi connectivity index (χ4v) is 3.68. The van der Waals surface area contributed by atoms with E-state index in [4.69, 9.17) is 23.2 Å². The average Bonchev–Trinajstić information content (AvgIpc) is 3.24. The smallest absolute Gasteiger partial charge is 0.274 e. The summed E-state index contributed by atoms with van der Waals surface area (Å²) in [4.78, 5) is 14.5. The van der Waals surface area contributed by atoms with E-state index in [2.05, 4.69) is 10.4 Å². The molecule has 1 amide bonds. The van der Waals surface area contributed by atoms with E-state index < -0.39 is 0 Å². The number of nitrogens with zero attached hydrogens (tertiary/aromatic N) is 3. The van der Waals surface area contributed by atoms with Crippen LogP contribution in [0.5, 0.6) is 0 Å². The number of likely N-dealkylation sites (tertiary alicyclic amines) is 1. The summed E-state index contributed by atoms with van der Waals surface area (Å²) < 4.78 is 1.65. The summed E-state index contributed by atoms with van der Waals surface area (Å²) in [5.41, 5.74) is 1.24. The van der Waals surface area contributed by atoms with Gasteiger partial charge in [0, 0.05) is 32.4 Å². The van der Waals surface area contributed by atoms with Crippen LogP contribution in [-0.2, 0) is 0 Å². The minimum absolute atomic E-state index is 0. The Bertz CT molecular complexity index is 752. The van der Waals surface area contributed by atoms with Crippen molar-refractivity contribution in [3.05, 3.63) is 46.2 Å². The lowest BCUT2D eigenvalue weighted by Crippen LogP contribution is -2.32. The topological polar surface area (TPSA) is 50.2 Å². The Balaban J connectivity index is 0.00000169. The summed E-state index contributed by atoms with van der Waals surface area (Å²) in [6, 6.07) is 7.02. The van der Waals surface area contributed by atoms with Gasteiger partial charge in [-0.3, -0.25) is 4.79 Å². The zero-order valence-corrected chi connectivity index (χ0v) is 15.1. The molecule has 2 fully saturated rings. The van der Waals surface area contributed by atoms with Crippen molar-refractivity contribution in [2.45, 2.75) is 0 Å². The first-order chi connectivity index (χ1) is 11.1. The SMILES string of the molecule is Cl.O=C(c1ccn(-c2ccc(Cl)c(Cl)c2)n1)N1C[C@H]2CNC[C@H]2C1. The molecule has 1 aromatic heterocycles. The molecule has 3 heterocycles. The molecule has 0 radical (unpaired) electrons. The minimum Gasteiger partial charge on any atom is -0.337 e. The second-order valence-corrected chi connectivity index (χ2v) is 6.95. The van der Waals surface area contributed by atoms with E-state index in [1.807, 2.05) is 11.0 Å². The number of nitrogens with one attached hydrogen (secondary N) is 1. The third-order valence-electron chi connectivity index (χ3n) is 4.65. The summed E-state index contributed by atoms with van der Waals surface area (Å²) in [6.07, 6.45) is 1.77. The Morgan fingerprint density at radius 1 is 1.12 bits per heavy atom. The standard InChI is InChI=1S/C16H16Cl2N4O.ClH/c17-13-2-1-12(5-14(13)18)22-4-3-15(20-22)16(23)21-8-10-6-19-7-11(10)9-21;/h1-5,10-11,19H,6-9H2;1H/t10-,11+;. The van der Waals surface area contributed by atoms with E-state index in [9.17, 15) is 4.79 Å². The van der Waals surface area contributed by atoms with Crippen LogP contribution in [0.1, 0.15) is 10.5 Å². The van der Waals surface area contributed by atoms with Crippen molar-refractivity contribution in [2.24, 2.45) is 11.8 Å². The van der Waals surface area contributed by atoms with Gasteiger partial charge in [0.15, 0.2) is 5.69 Å². The van der Waals surface area contributed by atoms with Crippen LogP contribution in [-0.4, -0.2) is 46.8 Å². The number of carbonyl (C=O) groups is 1. The quantitative estimate of drug-likeness (QED) is 0.862. The lowest BCUT2D eigenvalue weighted by Gasteiger charge is -2.15. The molecule has 1 N–H and O–H groups in total. The second-order valence-electron chi connectivity index (χ2n) is 6.13. The zero-order chi connectivity index (χ0) is 16.0. The maximum absolute atomic E-state index is 12.6. The van der Waals surface area contributed by atoms with Crippen LogP contribution < -0.4 is 5.32 Å². The van der Waals surface area contributed by atoms with Gasteiger partial charge in [-0.05, 0) is 36.1 Å². The van der Waals surface area contributed by atoms with Crippen molar-refractivity contribution in [3.63, 3.8) is 0 Å². The van der Waals surface area contributed by atoms with Crippen molar-refractivity contribution in [3.8, 4) is 5.69 Å². The number of rotatable bonds is 2. The third-order valence-corrected chi connectivity index (χ3v) is 5.39. The van der Waals surface area contributed by atoms with Crippen molar-refractivity contribution in [2.75, 3.05) is 26.2 Å². The Morgan fingerprint density at radius 2 is 1.83 bits per heavy atom. The molecule has 0 spiro atoms. The first kappa shape index (κ1) is 17.5. The van der Waals surface area contributed by atoms with Gasteiger partial charge >= 0.3 is 0 Å². The van der Waals surface area contributed by atoms with E-state index in [0.717, 1.165) is 31.9 Å². The minimum atomic E-state index is -0.00166. The molecule has 2 atom stereocenters. The van der Waals surface area contributed by atoms with E-state index >= 15 is 0 Å². The van der Waals surface area contributed by atoms with Crippen LogP contribution in [0.2, 0.25) is 10.0 Å². The molecular formula is C16H17Cl3N4O. The molecule has 8 heteroatoms. The van der Waals surface area contributed by atoms with Crippen LogP contribution in [0.4, 0.5) is 0 Å². The fraction of sp³-hybridized carbons (Fsp3) is 0.375. The van der Waals surface area contributed by atoms with Crippen LogP contribution in [0.15, 0.2) is 30.5 Å². The van der Waals surface area contributed by atoms with E-state index in [-0.39, 0.29) is 18.3 Å². The highest BCUT2D eigenvalue weighted by molar-refractivity contribution is 6.42. The monoisotopic (exact) mass is 386 g/mol. The molecule has 2 aliphatic heterocycles. The molecule has 5 nitrogen and oxygen atoms in total. The molecule has 128 valence electrons. The normalized spacial score (nSPS) is 22.3.